The first kappa shape index (κ1) is 13.2. The van der Waals surface area contributed by atoms with Gasteiger partial charge in [0.05, 0.1) is 12.0 Å². The Morgan fingerprint density at radius 3 is 2.65 bits per heavy atom. The summed E-state index contributed by atoms with van der Waals surface area (Å²) < 4.78 is 17.9. The van der Waals surface area contributed by atoms with Gasteiger partial charge >= 0.3 is 5.97 Å². The van der Waals surface area contributed by atoms with E-state index < -0.39 is 33.0 Å². The van der Waals surface area contributed by atoms with Crippen LogP contribution in [-0.4, -0.2) is 25.1 Å². The van der Waals surface area contributed by atoms with Crippen LogP contribution >= 0.6 is 11.6 Å². The van der Waals surface area contributed by atoms with Crippen molar-refractivity contribution in [2.75, 3.05) is 19.5 Å². The molecule has 0 fully saturated rings. The van der Waals surface area contributed by atoms with E-state index in [1.165, 1.54) is 7.05 Å². The van der Waals surface area contributed by atoms with Gasteiger partial charge in [-0.15, -0.1) is 0 Å². The van der Waals surface area contributed by atoms with Crippen molar-refractivity contribution >= 4 is 28.9 Å². The predicted molar refractivity (Wildman–Crippen MR) is 59.0 cm³/mol. The van der Waals surface area contributed by atoms with Crippen LogP contribution in [0.15, 0.2) is 6.07 Å². The second-order valence-corrected chi connectivity index (χ2v) is 3.32. The molecule has 0 heterocycles. The van der Waals surface area contributed by atoms with Gasteiger partial charge in [0.1, 0.15) is 16.3 Å². The van der Waals surface area contributed by atoms with Crippen LogP contribution in [0.4, 0.5) is 15.8 Å². The number of anilines is 1. The van der Waals surface area contributed by atoms with Crippen LogP contribution < -0.4 is 5.32 Å². The zero-order valence-electron chi connectivity index (χ0n) is 8.91. The van der Waals surface area contributed by atoms with Crippen LogP contribution in [0, 0.1) is 15.9 Å². The first-order chi connectivity index (χ1) is 7.93. The van der Waals surface area contributed by atoms with Crippen molar-refractivity contribution in [1.29, 1.82) is 0 Å². The molecule has 0 unspecified atom stereocenters. The molecule has 92 valence electrons. The topological polar surface area (TPSA) is 81.5 Å². The van der Waals surface area contributed by atoms with E-state index in [4.69, 9.17) is 11.6 Å². The largest absolute Gasteiger partial charge is 0.465 e. The molecular formula is C9H8ClFN2O4. The summed E-state index contributed by atoms with van der Waals surface area (Å²) >= 11 is 5.60. The summed E-state index contributed by atoms with van der Waals surface area (Å²) in [4.78, 5) is 21.2. The number of nitrogens with one attached hydrogen (secondary N) is 1. The summed E-state index contributed by atoms with van der Waals surface area (Å²) in [6.07, 6.45) is 0. The third-order valence-electron chi connectivity index (χ3n) is 2.04. The Labute approximate surface area is 100 Å². The number of methoxy groups -OCH3 is 1. The van der Waals surface area contributed by atoms with E-state index in [0.717, 1.165) is 13.2 Å². The zero-order valence-corrected chi connectivity index (χ0v) is 9.67. The highest BCUT2D eigenvalue weighted by molar-refractivity contribution is 6.34. The van der Waals surface area contributed by atoms with E-state index in [1.54, 1.807) is 0 Å². The van der Waals surface area contributed by atoms with Crippen LogP contribution in [0.2, 0.25) is 5.02 Å². The molecule has 0 aliphatic rings. The number of rotatable bonds is 3. The average molecular weight is 263 g/mol. The molecule has 0 saturated heterocycles. The van der Waals surface area contributed by atoms with E-state index in [0.29, 0.717) is 0 Å². The number of nitro groups is 1. The minimum atomic E-state index is -1.06. The summed E-state index contributed by atoms with van der Waals surface area (Å²) in [6.45, 7) is 0. The number of carbonyl (C=O) groups is 1. The first-order valence-corrected chi connectivity index (χ1v) is 4.74. The first-order valence-electron chi connectivity index (χ1n) is 4.36. The lowest BCUT2D eigenvalue weighted by atomic mass is 10.1. The van der Waals surface area contributed by atoms with Gasteiger partial charge in [-0.3, -0.25) is 10.1 Å². The molecule has 0 aliphatic carbocycles. The van der Waals surface area contributed by atoms with Crippen molar-refractivity contribution in [2.24, 2.45) is 0 Å². The molecule has 1 aromatic carbocycles. The van der Waals surface area contributed by atoms with Crippen LogP contribution in [0.3, 0.4) is 0 Å². The second-order valence-electron chi connectivity index (χ2n) is 2.94. The van der Waals surface area contributed by atoms with Crippen LogP contribution in [-0.2, 0) is 4.74 Å². The van der Waals surface area contributed by atoms with Gasteiger partial charge in [0, 0.05) is 13.1 Å². The van der Waals surface area contributed by atoms with Gasteiger partial charge in [0.2, 0.25) is 0 Å². The number of hydrogen-bond acceptors (Lipinski definition) is 5. The number of nitro benzene ring substituents is 1. The number of hydrogen-bond donors (Lipinski definition) is 1. The molecule has 0 spiro atoms. The van der Waals surface area contributed by atoms with Gasteiger partial charge in [-0.1, -0.05) is 11.6 Å². The quantitative estimate of drug-likeness (QED) is 0.513. The van der Waals surface area contributed by atoms with E-state index in [-0.39, 0.29) is 5.69 Å². The highest BCUT2D eigenvalue weighted by Crippen LogP contribution is 2.36. The van der Waals surface area contributed by atoms with Gasteiger partial charge < -0.3 is 10.1 Å². The summed E-state index contributed by atoms with van der Waals surface area (Å²) in [6, 6.07) is 0.777. The highest BCUT2D eigenvalue weighted by Gasteiger charge is 2.26. The van der Waals surface area contributed by atoms with Crippen molar-refractivity contribution in [3.63, 3.8) is 0 Å². The van der Waals surface area contributed by atoms with Gasteiger partial charge in [-0.25, -0.2) is 9.18 Å². The number of esters is 1. The Balaban J connectivity index is 3.57. The Bertz CT molecular complexity index is 492. The maximum Gasteiger partial charge on any atom is 0.341 e. The van der Waals surface area contributed by atoms with Crippen molar-refractivity contribution < 1.29 is 18.8 Å². The van der Waals surface area contributed by atoms with Crippen LogP contribution in [0.1, 0.15) is 10.4 Å². The standard InChI is InChI=1S/C9H8ClFN2O4/c1-12-8-5(13(15)16)3-4(9(14)17-2)7(11)6(8)10/h3,12H,1-2H3. The van der Waals surface area contributed by atoms with E-state index in [1.807, 2.05) is 0 Å². The average Bonchev–Trinajstić information content (AvgIpc) is 2.30. The summed E-state index contributed by atoms with van der Waals surface area (Å²) in [5.41, 5.74) is -1.27. The SMILES string of the molecule is CNc1c([N+](=O)[O-])cc(C(=O)OC)c(F)c1Cl. The number of benzene rings is 1. The molecule has 6 nitrogen and oxygen atoms in total. The monoisotopic (exact) mass is 262 g/mol. The van der Waals surface area contributed by atoms with Gasteiger partial charge in [-0.2, -0.15) is 0 Å². The molecular weight excluding hydrogens is 255 g/mol. The fraction of sp³-hybridized carbons (Fsp3) is 0.222. The minimum absolute atomic E-state index is 0.193. The predicted octanol–water partition coefficient (Wildman–Crippen LogP) is 2.22. The Morgan fingerprint density at radius 1 is 1.65 bits per heavy atom. The fourth-order valence-electron chi connectivity index (χ4n) is 1.25. The van der Waals surface area contributed by atoms with E-state index >= 15 is 0 Å². The van der Waals surface area contributed by atoms with Crippen molar-refractivity contribution in [3.05, 3.63) is 32.6 Å². The third kappa shape index (κ3) is 2.28. The second kappa shape index (κ2) is 4.96. The molecule has 1 rings (SSSR count). The smallest absolute Gasteiger partial charge is 0.341 e. The molecule has 0 aromatic heterocycles. The fourth-order valence-corrected chi connectivity index (χ4v) is 1.55. The maximum absolute atomic E-state index is 13.6. The van der Waals surface area contributed by atoms with Gasteiger partial charge in [0.25, 0.3) is 5.69 Å². The van der Waals surface area contributed by atoms with Crippen molar-refractivity contribution in [3.8, 4) is 0 Å². The molecule has 0 amide bonds. The molecule has 1 aromatic rings. The highest BCUT2D eigenvalue weighted by atomic mass is 35.5. The van der Waals surface area contributed by atoms with Gasteiger partial charge in [0.15, 0.2) is 5.82 Å². The number of halogens is 2. The molecule has 0 bridgehead atoms. The lowest BCUT2D eigenvalue weighted by molar-refractivity contribution is -0.384. The lowest BCUT2D eigenvalue weighted by Gasteiger charge is -2.08. The molecule has 17 heavy (non-hydrogen) atoms. The van der Waals surface area contributed by atoms with Crippen molar-refractivity contribution in [2.45, 2.75) is 0 Å². The maximum atomic E-state index is 13.6. The summed E-state index contributed by atoms with van der Waals surface area (Å²) in [5, 5.41) is 12.6. The molecule has 0 atom stereocenters. The molecule has 1 N–H and O–H groups in total. The van der Waals surface area contributed by atoms with Crippen molar-refractivity contribution in [1.82, 2.24) is 0 Å². The molecule has 8 heteroatoms. The normalized spacial score (nSPS) is 9.88. The Morgan fingerprint density at radius 2 is 2.24 bits per heavy atom. The molecule has 0 aliphatic heterocycles. The number of nitrogens with zero attached hydrogens (tertiary/aromatic N) is 1. The third-order valence-corrected chi connectivity index (χ3v) is 2.39. The summed E-state index contributed by atoms with van der Waals surface area (Å²) in [5.74, 6) is -2.09. The van der Waals surface area contributed by atoms with E-state index in [2.05, 4.69) is 10.1 Å². The van der Waals surface area contributed by atoms with Crippen LogP contribution in [0.5, 0.6) is 0 Å². The minimum Gasteiger partial charge on any atom is -0.465 e. The lowest BCUT2D eigenvalue weighted by Crippen LogP contribution is -2.08. The van der Waals surface area contributed by atoms with E-state index in [9.17, 15) is 19.3 Å². The Kier molecular flexibility index (Phi) is 3.84. The number of carbonyl (C=O) groups excluding carboxylic acids is 1. The zero-order chi connectivity index (χ0) is 13.2. The van der Waals surface area contributed by atoms with Crippen LogP contribution in [0.25, 0.3) is 0 Å². The molecule has 0 saturated carbocycles. The number of ether oxygens (including phenoxy) is 1. The molecule has 0 radical (unpaired) electrons. The Hall–Kier alpha value is -1.89. The van der Waals surface area contributed by atoms with Gasteiger partial charge in [-0.05, 0) is 0 Å². The summed E-state index contributed by atoms with van der Waals surface area (Å²) in [7, 11) is 2.39.